The summed E-state index contributed by atoms with van der Waals surface area (Å²) in [6, 6.07) is 8.23. The maximum atomic E-state index is 12.0. The standard InChI is InChI=1S/C15H20ClNO2S/c1-15(14(18)19-2,17-12-5-6-12)9-10-20-13-7-3-11(16)4-8-13/h3-4,7-8,12,17H,5-6,9-10H2,1-2H3. The molecule has 1 atom stereocenters. The Bertz CT molecular complexity index is 461. The number of thioether (sulfide) groups is 1. The Balaban J connectivity index is 1.87. The van der Waals surface area contributed by atoms with Crippen LogP contribution < -0.4 is 5.32 Å². The van der Waals surface area contributed by atoms with Crippen LogP contribution in [0.4, 0.5) is 0 Å². The minimum Gasteiger partial charge on any atom is -0.468 e. The summed E-state index contributed by atoms with van der Waals surface area (Å²) in [5.41, 5.74) is -0.588. The summed E-state index contributed by atoms with van der Waals surface area (Å²) in [5.74, 6) is 0.675. The summed E-state index contributed by atoms with van der Waals surface area (Å²) >= 11 is 7.59. The van der Waals surface area contributed by atoms with Crippen molar-refractivity contribution < 1.29 is 9.53 Å². The van der Waals surface area contributed by atoms with Crippen LogP contribution in [0, 0.1) is 0 Å². The van der Waals surface area contributed by atoms with Crippen molar-refractivity contribution in [2.75, 3.05) is 12.9 Å². The van der Waals surface area contributed by atoms with Gasteiger partial charge in [0.25, 0.3) is 0 Å². The Hall–Kier alpha value is -0.710. The molecule has 1 aromatic carbocycles. The van der Waals surface area contributed by atoms with Crippen molar-refractivity contribution in [3.8, 4) is 0 Å². The maximum Gasteiger partial charge on any atom is 0.325 e. The van der Waals surface area contributed by atoms with Gasteiger partial charge < -0.3 is 4.74 Å². The summed E-state index contributed by atoms with van der Waals surface area (Å²) in [5, 5.41) is 4.14. The molecule has 1 saturated carbocycles. The van der Waals surface area contributed by atoms with Crippen molar-refractivity contribution in [3.05, 3.63) is 29.3 Å². The predicted molar refractivity (Wildman–Crippen MR) is 83.4 cm³/mol. The highest BCUT2D eigenvalue weighted by Crippen LogP contribution is 2.28. The minimum absolute atomic E-state index is 0.180. The molecule has 0 heterocycles. The molecule has 1 N–H and O–H groups in total. The second-order valence-corrected chi connectivity index (χ2v) is 6.90. The number of hydrogen-bond donors (Lipinski definition) is 1. The van der Waals surface area contributed by atoms with Crippen LogP contribution in [0.25, 0.3) is 0 Å². The molecule has 1 aliphatic carbocycles. The normalized spacial score (nSPS) is 17.6. The van der Waals surface area contributed by atoms with E-state index in [0.29, 0.717) is 6.04 Å². The molecule has 0 radical (unpaired) electrons. The van der Waals surface area contributed by atoms with Gasteiger partial charge in [-0.15, -0.1) is 11.8 Å². The van der Waals surface area contributed by atoms with Gasteiger partial charge in [-0.2, -0.15) is 0 Å². The van der Waals surface area contributed by atoms with Crippen LogP contribution in [0.5, 0.6) is 0 Å². The first-order valence-electron chi connectivity index (χ1n) is 6.78. The second-order valence-electron chi connectivity index (χ2n) is 5.29. The van der Waals surface area contributed by atoms with Crippen molar-refractivity contribution >= 4 is 29.3 Å². The van der Waals surface area contributed by atoms with Crippen LogP contribution in [0.1, 0.15) is 26.2 Å². The van der Waals surface area contributed by atoms with Crippen LogP contribution in [-0.4, -0.2) is 30.4 Å². The number of rotatable bonds is 7. The molecule has 0 aliphatic heterocycles. The molecule has 1 unspecified atom stereocenters. The molecule has 5 heteroatoms. The van der Waals surface area contributed by atoms with E-state index in [4.69, 9.17) is 16.3 Å². The molecule has 0 bridgehead atoms. The average molecular weight is 314 g/mol. The molecule has 110 valence electrons. The number of ether oxygens (including phenoxy) is 1. The molecular weight excluding hydrogens is 294 g/mol. The highest BCUT2D eigenvalue weighted by Gasteiger charge is 2.38. The molecule has 2 rings (SSSR count). The lowest BCUT2D eigenvalue weighted by atomic mass is 9.99. The fraction of sp³-hybridized carbons (Fsp3) is 0.533. The third-order valence-electron chi connectivity index (χ3n) is 3.42. The van der Waals surface area contributed by atoms with Crippen LogP contribution >= 0.6 is 23.4 Å². The van der Waals surface area contributed by atoms with Gasteiger partial charge in [0.05, 0.1) is 7.11 Å². The van der Waals surface area contributed by atoms with Gasteiger partial charge in [0, 0.05) is 21.7 Å². The zero-order valence-corrected chi connectivity index (χ0v) is 13.4. The summed E-state index contributed by atoms with van der Waals surface area (Å²) in [7, 11) is 1.45. The van der Waals surface area contributed by atoms with Crippen LogP contribution in [-0.2, 0) is 9.53 Å². The summed E-state index contributed by atoms with van der Waals surface area (Å²) in [6.45, 7) is 1.93. The largest absolute Gasteiger partial charge is 0.468 e. The number of carbonyl (C=O) groups is 1. The van der Waals surface area contributed by atoms with E-state index in [1.165, 1.54) is 7.11 Å². The number of esters is 1. The van der Waals surface area contributed by atoms with E-state index in [1.807, 2.05) is 31.2 Å². The van der Waals surface area contributed by atoms with E-state index in [1.54, 1.807) is 11.8 Å². The number of benzene rings is 1. The Labute approximate surface area is 129 Å². The number of methoxy groups -OCH3 is 1. The third-order valence-corrected chi connectivity index (χ3v) is 4.69. The molecule has 20 heavy (non-hydrogen) atoms. The van der Waals surface area contributed by atoms with Gasteiger partial charge in [-0.05, 0) is 50.5 Å². The van der Waals surface area contributed by atoms with Gasteiger partial charge in [-0.25, -0.2) is 0 Å². The Morgan fingerprint density at radius 3 is 2.65 bits per heavy atom. The topological polar surface area (TPSA) is 38.3 Å². The summed E-state index contributed by atoms with van der Waals surface area (Å²) < 4.78 is 4.93. The summed E-state index contributed by atoms with van der Waals surface area (Å²) in [6.07, 6.45) is 3.04. The number of nitrogens with one attached hydrogen (secondary N) is 1. The number of halogens is 1. The van der Waals surface area contributed by atoms with Crippen LogP contribution in [0.2, 0.25) is 5.02 Å². The van der Waals surface area contributed by atoms with Gasteiger partial charge in [-0.3, -0.25) is 10.1 Å². The first-order valence-corrected chi connectivity index (χ1v) is 8.14. The lowest BCUT2D eigenvalue weighted by Crippen LogP contribution is -2.51. The highest BCUT2D eigenvalue weighted by molar-refractivity contribution is 7.99. The SMILES string of the molecule is COC(=O)C(C)(CCSc1ccc(Cl)cc1)NC1CC1. The van der Waals surface area contributed by atoms with E-state index < -0.39 is 5.54 Å². The Kier molecular flexibility index (Phi) is 5.35. The van der Waals surface area contributed by atoms with Crippen LogP contribution in [0.15, 0.2) is 29.2 Å². The van der Waals surface area contributed by atoms with Crippen molar-refractivity contribution in [3.63, 3.8) is 0 Å². The fourth-order valence-corrected chi connectivity index (χ4v) is 3.24. The first kappa shape index (κ1) is 15.7. The highest BCUT2D eigenvalue weighted by atomic mass is 35.5. The van der Waals surface area contributed by atoms with E-state index in [2.05, 4.69) is 5.32 Å². The lowest BCUT2D eigenvalue weighted by Gasteiger charge is -2.28. The van der Waals surface area contributed by atoms with Crippen molar-refractivity contribution in [1.29, 1.82) is 0 Å². The maximum absolute atomic E-state index is 12.0. The van der Waals surface area contributed by atoms with Gasteiger partial charge in [0.2, 0.25) is 0 Å². The molecular formula is C15H20ClNO2S. The predicted octanol–water partition coefficient (Wildman–Crippen LogP) is 3.51. The molecule has 0 saturated heterocycles. The molecule has 1 aromatic rings. The lowest BCUT2D eigenvalue weighted by molar-refractivity contribution is -0.148. The van der Waals surface area contributed by atoms with E-state index in [0.717, 1.165) is 34.9 Å². The summed E-state index contributed by atoms with van der Waals surface area (Å²) in [4.78, 5) is 13.1. The first-order chi connectivity index (χ1) is 9.53. The molecule has 1 aliphatic rings. The zero-order valence-electron chi connectivity index (χ0n) is 11.8. The minimum atomic E-state index is -0.588. The van der Waals surface area contributed by atoms with Gasteiger partial charge >= 0.3 is 5.97 Å². The fourth-order valence-electron chi connectivity index (χ4n) is 2.04. The van der Waals surface area contributed by atoms with E-state index in [9.17, 15) is 4.79 Å². The molecule has 3 nitrogen and oxygen atoms in total. The smallest absolute Gasteiger partial charge is 0.325 e. The number of carbonyl (C=O) groups excluding carboxylic acids is 1. The van der Waals surface area contributed by atoms with Crippen molar-refractivity contribution in [2.24, 2.45) is 0 Å². The van der Waals surface area contributed by atoms with E-state index in [-0.39, 0.29) is 5.97 Å². The van der Waals surface area contributed by atoms with Crippen LogP contribution in [0.3, 0.4) is 0 Å². The zero-order chi connectivity index (χ0) is 14.6. The van der Waals surface area contributed by atoms with Gasteiger partial charge in [0.1, 0.15) is 5.54 Å². The Morgan fingerprint density at radius 2 is 2.10 bits per heavy atom. The molecule has 0 aromatic heterocycles. The average Bonchev–Trinajstić information content (AvgIpc) is 3.24. The van der Waals surface area contributed by atoms with Gasteiger partial charge in [0.15, 0.2) is 0 Å². The van der Waals surface area contributed by atoms with Crippen molar-refractivity contribution in [1.82, 2.24) is 5.32 Å². The third kappa shape index (κ3) is 4.40. The van der Waals surface area contributed by atoms with Gasteiger partial charge in [-0.1, -0.05) is 11.6 Å². The molecule has 0 amide bonds. The quantitative estimate of drug-likeness (QED) is 0.617. The molecule has 0 spiro atoms. The van der Waals surface area contributed by atoms with Crippen molar-refractivity contribution in [2.45, 2.75) is 42.7 Å². The second kappa shape index (κ2) is 6.83. The van der Waals surface area contributed by atoms with E-state index >= 15 is 0 Å². The monoisotopic (exact) mass is 313 g/mol. The molecule has 1 fully saturated rings. The Morgan fingerprint density at radius 1 is 1.45 bits per heavy atom. The number of hydrogen-bond acceptors (Lipinski definition) is 4.